The number of nitrogens with zero attached hydrogens (tertiary/aromatic N) is 5. The summed E-state index contributed by atoms with van der Waals surface area (Å²) in [7, 11) is 0. The van der Waals surface area contributed by atoms with E-state index in [2.05, 4.69) is 20.2 Å². The van der Waals surface area contributed by atoms with Crippen LogP contribution in [0, 0.1) is 0 Å². The zero-order valence-corrected chi connectivity index (χ0v) is 16.1. The van der Waals surface area contributed by atoms with Gasteiger partial charge in [-0.25, -0.2) is 9.78 Å². The molecule has 0 fully saturated rings. The van der Waals surface area contributed by atoms with Crippen molar-refractivity contribution in [1.29, 1.82) is 0 Å². The summed E-state index contributed by atoms with van der Waals surface area (Å²) in [5.41, 5.74) is 5.18. The van der Waals surface area contributed by atoms with Gasteiger partial charge in [-0.1, -0.05) is 30.3 Å². The van der Waals surface area contributed by atoms with Crippen LogP contribution >= 0.6 is 0 Å². The highest BCUT2D eigenvalue weighted by Crippen LogP contribution is 2.30. The number of carboxylic acids is 1. The summed E-state index contributed by atoms with van der Waals surface area (Å²) >= 11 is 0. The number of aliphatic hydroxyl groups excluding tert-OH is 1. The number of aromatic carboxylic acids is 1. The summed E-state index contributed by atoms with van der Waals surface area (Å²) in [5, 5.41) is 27.2. The Hall–Kier alpha value is -4.32. The fourth-order valence-electron chi connectivity index (χ4n) is 2.81. The molecule has 0 bridgehead atoms. The van der Waals surface area contributed by atoms with E-state index in [1.807, 2.05) is 0 Å². The van der Waals surface area contributed by atoms with Gasteiger partial charge in [-0.15, -0.1) is 10.2 Å². The Labute approximate surface area is 174 Å². The predicted octanol–water partition coefficient (Wildman–Crippen LogP) is 1.49. The molecule has 31 heavy (non-hydrogen) atoms. The second-order valence-corrected chi connectivity index (χ2v) is 6.50. The molecule has 4 aromatic rings. The Morgan fingerprint density at radius 1 is 1.16 bits per heavy atom. The van der Waals surface area contributed by atoms with Gasteiger partial charge < -0.3 is 24.8 Å². The van der Waals surface area contributed by atoms with Crippen molar-refractivity contribution in [3.63, 3.8) is 0 Å². The van der Waals surface area contributed by atoms with Crippen molar-refractivity contribution in [2.45, 2.75) is 19.6 Å². The first-order chi connectivity index (χ1) is 14.8. The van der Waals surface area contributed by atoms with Crippen LogP contribution < -0.4 is 5.73 Å². The van der Waals surface area contributed by atoms with Crippen molar-refractivity contribution in [2.75, 3.05) is 0 Å². The number of aliphatic hydroxyl groups is 1. The number of oxazole rings is 2. The molecule has 158 valence electrons. The maximum absolute atomic E-state index is 11.9. The highest BCUT2D eigenvalue weighted by Gasteiger charge is 2.27. The van der Waals surface area contributed by atoms with Crippen molar-refractivity contribution < 1.29 is 28.6 Å². The van der Waals surface area contributed by atoms with E-state index in [4.69, 9.17) is 14.6 Å². The van der Waals surface area contributed by atoms with Crippen molar-refractivity contribution in [3.05, 3.63) is 59.6 Å². The zero-order valence-electron chi connectivity index (χ0n) is 16.1. The molecule has 3 aromatic heterocycles. The van der Waals surface area contributed by atoms with Gasteiger partial charge in [0.1, 0.15) is 18.4 Å². The molecule has 0 aliphatic rings. The molecule has 4 rings (SSSR count). The number of benzene rings is 1. The number of hydrogen-bond donors (Lipinski definition) is 3. The van der Waals surface area contributed by atoms with Gasteiger partial charge in [0.05, 0.1) is 6.20 Å². The molecule has 1 atom stereocenters. The Morgan fingerprint density at radius 3 is 2.52 bits per heavy atom. The average Bonchev–Trinajstić information content (AvgIpc) is 3.46. The van der Waals surface area contributed by atoms with Crippen LogP contribution in [0.2, 0.25) is 0 Å². The van der Waals surface area contributed by atoms with Crippen LogP contribution in [0.1, 0.15) is 45.7 Å². The van der Waals surface area contributed by atoms with Crippen LogP contribution in [0.15, 0.2) is 45.4 Å². The molecule has 1 amide bonds. The van der Waals surface area contributed by atoms with E-state index in [0.717, 1.165) is 4.80 Å². The monoisotopic (exact) mass is 424 g/mol. The number of carbonyl (C=O) groups is 2. The largest absolute Gasteiger partial charge is 0.476 e. The van der Waals surface area contributed by atoms with E-state index in [1.165, 1.54) is 13.1 Å². The Kier molecular flexibility index (Phi) is 5.05. The molecule has 0 saturated carbocycles. The number of hydrogen-bond acceptors (Lipinski definition) is 9. The minimum atomic E-state index is -1.31. The van der Waals surface area contributed by atoms with Crippen LogP contribution in [0.4, 0.5) is 0 Å². The van der Waals surface area contributed by atoms with Crippen LogP contribution in [0.5, 0.6) is 0 Å². The fraction of sp³-hybridized carbons (Fsp3) is 0.158. The lowest BCUT2D eigenvalue weighted by Gasteiger charge is -1.97. The maximum atomic E-state index is 11.9. The Morgan fingerprint density at radius 2 is 1.90 bits per heavy atom. The molecule has 0 radical (unpaired) electrons. The number of aromatic nitrogens is 5. The summed E-state index contributed by atoms with van der Waals surface area (Å²) in [4.78, 5) is 32.6. The van der Waals surface area contributed by atoms with E-state index in [-0.39, 0.29) is 41.2 Å². The minimum Gasteiger partial charge on any atom is -0.476 e. The molecule has 0 aliphatic heterocycles. The van der Waals surface area contributed by atoms with Crippen LogP contribution in [-0.2, 0) is 6.54 Å². The topological polar surface area (TPSA) is 183 Å². The molecule has 0 spiro atoms. The van der Waals surface area contributed by atoms with Gasteiger partial charge in [0, 0.05) is 5.56 Å². The van der Waals surface area contributed by atoms with E-state index in [9.17, 15) is 19.8 Å². The molecular weight excluding hydrogens is 408 g/mol. The van der Waals surface area contributed by atoms with Crippen molar-refractivity contribution in [1.82, 2.24) is 25.0 Å². The lowest BCUT2D eigenvalue weighted by atomic mass is 10.1. The number of rotatable bonds is 7. The fourth-order valence-corrected chi connectivity index (χ4v) is 2.81. The highest BCUT2D eigenvalue weighted by molar-refractivity contribution is 5.97. The van der Waals surface area contributed by atoms with Gasteiger partial charge in [0.15, 0.2) is 22.8 Å². The molecule has 0 saturated heterocycles. The van der Waals surface area contributed by atoms with E-state index in [1.54, 1.807) is 30.3 Å². The lowest BCUT2D eigenvalue weighted by molar-refractivity contribution is 0.0691. The summed E-state index contributed by atoms with van der Waals surface area (Å²) in [6.07, 6.45) is 0.491. The summed E-state index contributed by atoms with van der Waals surface area (Å²) < 4.78 is 11.0. The maximum Gasteiger partial charge on any atom is 0.358 e. The summed E-state index contributed by atoms with van der Waals surface area (Å²) in [6.45, 7) is 1.47. The van der Waals surface area contributed by atoms with Gasteiger partial charge >= 0.3 is 5.97 Å². The number of carbonyl (C=O) groups excluding carboxylic acids is 1. The standard InChI is InChI=1S/C19H16N6O6/c1-9(26)17-21-7-11(30-17)8-25-23-12(16(20)27)13(24-25)18-22-14(19(28)29)15(31-18)10-5-3-2-4-6-10/h2-7,9,26H,8H2,1H3,(H2,20,27)(H,28,29). The van der Waals surface area contributed by atoms with E-state index < -0.39 is 18.0 Å². The first-order valence-corrected chi connectivity index (χ1v) is 9.01. The summed E-state index contributed by atoms with van der Waals surface area (Å²) in [6, 6.07) is 8.52. The Bertz CT molecular complexity index is 1260. The zero-order chi connectivity index (χ0) is 22.1. The molecule has 0 aliphatic carbocycles. The summed E-state index contributed by atoms with van der Waals surface area (Å²) in [5.74, 6) is -2.00. The van der Waals surface area contributed by atoms with Crippen molar-refractivity contribution in [3.8, 4) is 22.9 Å². The Balaban J connectivity index is 1.75. The van der Waals surface area contributed by atoms with Gasteiger partial charge in [-0.3, -0.25) is 4.79 Å². The predicted molar refractivity (Wildman–Crippen MR) is 103 cm³/mol. The van der Waals surface area contributed by atoms with Gasteiger partial charge in [-0.05, 0) is 6.92 Å². The average molecular weight is 424 g/mol. The SMILES string of the molecule is CC(O)c1ncc(Cn2nc(C(N)=O)c(-c3nc(C(=O)O)c(-c4ccccc4)o3)n2)o1. The van der Waals surface area contributed by atoms with Crippen molar-refractivity contribution in [2.24, 2.45) is 5.73 Å². The van der Waals surface area contributed by atoms with E-state index in [0.29, 0.717) is 11.3 Å². The van der Waals surface area contributed by atoms with Crippen LogP contribution in [0.25, 0.3) is 22.9 Å². The molecule has 1 aromatic carbocycles. The third-order valence-corrected chi connectivity index (χ3v) is 4.18. The highest BCUT2D eigenvalue weighted by atomic mass is 16.4. The molecule has 4 N–H and O–H groups in total. The quantitative estimate of drug-likeness (QED) is 0.393. The molecular formula is C19H16N6O6. The van der Waals surface area contributed by atoms with E-state index >= 15 is 0 Å². The number of nitrogens with two attached hydrogens (primary N) is 1. The first kappa shape index (κ1) is 20.0. The second-order valence-electron chi connectivity index (χ2n) is 6.50. The molecule has 1 unspecified atom stereocenters. The normalized spacial score (nSPS) is 12.1. The van der Waals surface area contributed by atoms with Crippen LogP contribution in [-0.4, -0.2) is 47.1 Å². The van der Waals surface area contributed by atoms with Gasteiger partial charge in [0.2, 0.25) is 5.89 Å². The van der Waals surface area contributed by atoms with Crippen molar-refractivity contribution >= 4 is 11.9 Å². The number of primary amides is 1. The molecule has 3 heterocycles. The first-order valence-electron chi connectivity index (χ1n) is 9.01. The number of carboxylic acid groups (broad SMARTS) is 1. The third-order valence-electron chi connectivity index (χ3n) is 4.18. The second kappa shape index (κ2) is 7.84. The van der Waals surface area contributed by atoms with Gasteiger partial charge in [0.25, 0.3) is 11.8 Å². The molecule has 12 heteroatoms. The smallest absolute Gasteiger partial charge is 0.358 e. The minimum absolute atomic E-state index is 0.00452. The van der Waals surface area contributed by atoms with Crippen LogP contribution in [0.3, 0.4) is 0 Å². The number of amides is 1. The van der Waals surface area contributed by atoms with Gasteiger partial charge in [-0.2, -0.15) is 9.78 Å². The third kappa shape index (κ3) is 3.91. The molecule has 12 nitrogen and oxygen atoms in total. The lowest BCUT2D eigenvalue weighted by Crippen LogP contribution is -2.13.